The fraction of sp³-hybridized carbons (Fsp3) is 0.700. The van der Waals surface area contributed by atoms with Crippen molar-refractivity contribution in [3.63, 3.8) is 0 Å². The topological polar surface area (TPSA) is 51.7 Å². The lowest BCUT2D eigenvalue weighted by atomic mass is 10.2. The standard InChI is InChI=1S/C20H33N5O/c1-3-9-25(16-17-5-6-17)20(26)22-15-18-7-8-19(21-14-18)24-12-10-23(4-2)11-13-24/h7-8,14,17H,3-6,9-13,15-16H2,1-2H3,(H,22,26). The van der Waals surface area contributed by atoms with Crippen LogP contribution in [0.25, 0.3) is 0 Å². The molecule has 3 rings (SSSR count). The molecule has 0 spiro atoms. The molecule has 1 N–H and O–H groups in total. The van der Waals surface area contributed by atoms with E-state index >= 15 is 0 Å². The molecule has 1 aliphatic heterocycles. The maximum absolute atomic E-state index is 12.4. The Labute approximate surface area is 157 Å². The van der Waals surface area contributed by atoms with Crippen LogP contribution in [0.5, 0.6) is 0 Å². The van der Waals surface area contributed by atoms with Gasteiger partial charge in [-0.3, -0.25) is 0 Å². The quantitative estimate of drug-likeness (QED) is 0.775. The van der Waals surface area contributed by atoms with Crippen molar-refractivity contribution < 1.29 is 4.79 Å². The summed E-state index contributed by atoms with van der Waals surface area (Å²) in [6.45, 7) is 12.0. The van der Waals surface area contributed by atoms with Crippen LogP contribution in [0.15, 0.2) is 18.3 Å². The Bertz CT molecular complexity index is 564. The molecule has 0 unspecified atom stereocenters. The van der Waals surface area contributed by atoms with Crippen LogP contribution in [0.1, 0.15) is 38.7 Å². The van der Waals surface area contributed by atoms with Crippen LogP contribution in [0.2, 0.25) is 0 Å². The summed E-state index contributed by atoms with van der Waals surface area (Å²) in [5, 5.41) is 3.06. The molecular formula is C20H33N5O. The number of hydrogen-bond acceptors (Lipinski definition) is 4. The average Bonchev–Trinajstić information content (AvgIpc) is 3.50. The zero-order chi connectivity index (χ0) is 18.4. The second-order valence-electron chi connectivity index (χ2n) is 7.49. The molecule has 2 amide bonds. The molecule has 1 saturated heterocycles. The Morgan fingerprint density at radius 1 is 1.23 bits per heavy atom. The third-order valence-corrected chi connectivity index (χ3v) is 5.35. The number of rotatable bonds is 8. The van der Waals surface area contributed by atoms with E-state index in [0.29, 0.717) is 6.54 Å². The van der Waals surface area contributed by atoms with Crippen molar-refractivity contribution in [3.8, 4) is 0 Å². The SMILES string of the molecule is CCCN(CC1CC1)C(=O)NCc1ccc(N2CCN(CC)CC2)nc1. The third kappa shape index (κ3) is 5.34. The van der Waals surface area contributed by atoms with Crippen molar-refractivity contribution in [2.24, 2.45) is 5.92 Å². The number of carbonyl (C=O) groups is 1. The Hall–Kier alpha value is -1.82. The number of carbonyl (C=O) groups excluding carboxylic acids is 1. The largest absolute Gasteiger partial charge is 0.354 e. The lowest BCUT2D eigenvalue weighted by molar-refractivity contribution is 0.195. The first-order valence-corrected chi connectivity index (χ1v) is 10.1. The molecule has 0 atom stereocenters. The fourth-order valence-electron chi connectivity index (χ4n) is 3.45. The fourth-order valence-corrected chi connectivity index (χ4v) is 3.45. The molecule has 6 nitrogen and oxygen atoms in total. The highest BCUT2D eigenvalue weighted by molar-refractivity contribution is 5.74. The van der Waals surface area contributed by atoms with Crippen molar-refractivity contribution in [1.82, 2.24) is 20.1 Å². The van der Waals surface area contributed by atoms with Gasteiger partial charge in [-0.15, -0.1) is 0 Å². The van der Waals surface area contributed by atoms with Gasteiger partial charge in [0.1, 0.15) is 5.82 Å². The van der Waals surface area contributed by atoms with Gasteiger partial charge in [-0.25, -0.2) is 9.78 Å². The normalized spacial score (nSPS) is 18.0. The summed E-state index contributed by atoms with van der Waals surface area (Å²) in [6.07, 6.45) is 5.44. The highest BCUT2D eigenvalue weighted by Crippen LogP contribution is 2.29. The molecule has 1 aromatic rings. The van der Waals surface area contributed by atoms with Gasteiger partial charge >= 0.3 is 6.03 Å². The number of pyridine rings is 1. The lowest BCUT2D eigenvalue weighted by Gasteiger charge is -2.34. The number of amides is 2. The van der Waals surface area contributed by atoms with E-state index in [1.807, 2.05) is 11.1 Å². The molecule has 1 aliphatic carbocycles. The van der Waals surface area contributed by atoms with E-state index in [4.69, 9.17) is 0 Å². The zero-order valence-corrected chi connectivity index (χ0v) is 16.3. The number of nitrogens with one attached hydrogen (secondary N) is 1. The summed E-state index contributed by atoms with van der Waals surface area (Å²) < 4.78 is 0. The minimum atomic E-state index is 0.0542. The van der Waals surface area contributed by atoms with E-state index in [0.717, 1.165) is 69.5 Å². The van der Waals surface area contributed by atoms with Gasteiger partial charge in [0, 0.05) is 52.0 Å². The highest BCUT2D eigenvalue weighted by atomic mass is 16.2. The van der Waals surface area contributed by atoms with E-state index in [-0.39, 0.29) is 6.03 Å². The Morgan fingerprint density at radius 3 is 2.58 bits per heavy atom. The van der Waals surface area contributed by atoms with E-state index in [1.165, 1.54) is 12.8 Å². The Kier molecular flexibility index (Phi) is 6.72. The van der Waals surface area contributed by atoms with E-state index in [2.05, 4.69) is 46.1 Å². The van der Waals surface area contributed by atoms with Crippen molar-refractivity contribution in [1.29, 1.82) is 0 Å². The molecule has 26 heavy (non-hydrogen) atoms. The summed E-state index contributed by atoms with van der Waals surface area (Å²) in [6, 6.07) is 4.22. The van der Waals surface area contributed by atoms with Gasteiger partial charge in [-0.05, 0) is 43.4 Å². The second-order valence-corrected chi connectivity index (χ2v) is 7.49. The summed E-state index contributed by atoms with van der Waals surface area (Å²) in [7, 11) is 0. The number of urea groups is 1. The van der Waals surface area contributed by atoms with Gasteiger partial charge in [0.25, 0.3) is 0 Å². The van der Waals surface area contributed by atoms with Gasteiger partial charge in [0.15, 0.2) is 0 Å². The van der Waals surface area contributed by atoms with Crippen LogP contribution in [-0.2, 0) is 6.54 Å². The molecule has 2 fully saturated rings. The van der Waals surface area contributed by atoms with Crippen LogP contribution >= 0.6 is 0 Å². The molecule has 2 aliphatic rings. The number of piperazine rings is 1. The predicted octanol–water partition coefficient (Wildman–Crippen LogP) is 2.56. The van der Waals surface area contributed by atoms with Crippen molar-refractivity contribution >= 4 is 11.8 Å². The third-order valence-electron chi connectivity index (χ3n) is 5.35. The predicted molar refractivity (Wildman–Crippen MR) is 105 cm³/mol. The number of hydrogen-bond donors (Lipinski definition) is 1. The first kappa shape index (κ1) is 19.0. The van der Waals surface area contributed by atoms with Crippen LogP contribution in [0.4, 0.5) is 10.6 Å². The number of likely N-dealkylation sites (N-methyl/N-ethyl adjacent to an activating group) is 1. The molecule has 0 bridgehead atoms. The number of aromatic nitrogens is 1. The van der Waals surface area contributed by atoms with Gasteiger partial charge < -0.3 is 20.0 Å². The van der Waals surface area contributed by atoms with Crippen molar-refractivity contribution in [2.75, 3.05) is 50.7 Å². The van der Waals surface area contributed by atoms with Crippen molar-refractivity contribution in [3.05, 3.63) is 23.9 Å². The lowest BCUT2D eigenvalue weighted by Crippen LogP contribution is -2.46. The number of nitrogens with zero attached hydrogens (tertiary/aromatic N) is 4. The minimum absolute atomic E-state index is 0.0542. The molecule has 2 heterocycles. The summed E-state index contributed by atoms with van der Waals surface area (Å²) in [4.78, 5) is 23.8. The minimum Gasteiger partial charge on any atom is -0.354 e. The maximum atomic E-state index is 12.4. The Morgan fingerprint density at radius 2 is 2.00 bits per heavy atom. The molecule has 0 aromatic carbocycles. The van der Waals surface area contributed by atoms with Gasteiger partial charge in [0.05, 0.1) is 0 Å². The van der Waals surface area contributed by atoms with Gasteiger partial charge in [0.2, 0.25) is 0 Å². The maximum Gasteiger partial charge on any atom is 0.317 e. The summed E-state index contributed by atoms with van der Waals surface area (Å²) >= 11 is 0. The monoisotopic (exact) mass is 359 g/mol. The molecule has 144 valence electrons. The van der Waals surface area contributed by atoms with Crippen LogP contribution in [0, 0.1) is 5.92 Å². The van der Waals surface area contributed by atoms with Crippen LogP contribution in [0.3, 0.4) is 0 Å². The summed E-state index contributed by atoms with van der Waals surface area (Å²) in [5.41, 5.74) is 1.05. The summed E-state index contributed by atoms with van der Waals surface area (Å²) in [5.74, 6) is 1.76. The van der Waals surface area contributed by atoms with Crippen LogP contribution < -0.4 is 10.2 Å². The molecule has 6 heteroatoms. The molecule has 1 aromatic heterocycles. The first-order valence-electron chi connectivity index (χ1n) is 10.1. The molecule has 1 saturated carbocycles. The first-order chi connectivity index (χ1) is 12.7. The molecular weight excluding hydrogens is 326 g/mol. The van der Waals surface area contributed by atoms with E-state index in [9.17, 15) is 4.79 Å². The molecule has 0 radical (unpaired) electrons. The smallest absolute Gasteiger partial charge is 0.317 e. The number of anilines is 1. The highest BCUT2D eigenvalue weighted by Gasteiger charge is 2.26. The zero-order valence-electron chi connectivity index (χ0n) is 16.3. The second kappa shape index (κ2) is 9.21. The Balaban J connectivity index is 1.47. The average molecular weight is 360 g/mol. The van der Waals surface area contributed by atoms with E-state index < -0.39 is 0 Å². The van der Waals surface area contributed by atoms with Crippen LogP contribution in [-0.4, -0.2) is 66.6 Å². The van der Waals surface area contributed by atoms with Crippen molar-refractivity contribution in [2.45, 2.75) is 39.7 Å². The van der Waals surface area contributed by atoms with E-state index in [1.54, 1.807) is 0 Å². The van der Waals surface area contributed by atoms with Gasteiger partial charge in [-0.1, -0.05) is 19.9 Å². The van der Waals surface area contributed by atoms with Gasteiger partial charge in [-0.2, -0.15) is 0 Å².